The molecule has 4 rings (SSSR count). The first-order valence-electron chi connectivity index (χ1n) is 8.47. The lowest BCUT2D eigenvalue weighted by Crippen LogP contribution is -2.33. The van der Waals surface area contributed by atoms with Crippen molar-refractivity contribution in [3.05, 3.63) is 30.0 Å². The lowest BCUT2D eigenvalue weighted by atomic mass is 10.1. The Hall–Kier alpha value is -2.50. The van der Waals surface area contributed by atoms with Gasteiger partial charge in [-0.2, -0.15) is 0 Å². The van der Waals surface area contributed by atoms with Crippen LogP contribution < -0.4 is 9.47 Å². The predicted octanol–water partition coefficient (Wildman–Crippen LogP) is 3.48. The van der Waals surface area contributed by atoms with Gasteiger partial charge < -0.3 is 18.9 Å². The van der Waals surface area contributed by atoms with Crippen molar-refractivity contribution in [1.29, 1.82) is 0 Å². The van der Waals surface area contributed by atoms with Crippen LogP contribution in [0.15, 0.2) is 28.8 Å². The van der Waals surface area contributed by atoms with Crippen LogP contribution in [-0.2, 0) is 0 Å². The van der Waals surface area contributed by atoms with Crippen molar-refractivity contribution in [3.8, 4) is 22.8 Å². The largest absolute Gasteiger partial charge is 0.454 e. The fourth-order valence-corrected chi connectivity index (χ4v) is 3.17. The number of benzene rings is 1. The Labute approximate surface area is 140 Å². The van der Waals surface area contributed by atoms with Crippen LogP contribution in [0, 0.1) is 0 Å². The number of carbonyl (C=O) groups is 1. The number of hydrogen-bond acceptors (Lipinski definition) is 5. The molecule has 6 heteroatoms. The SMILES string of the molecule is O=C(c1cc(-c2ccc3c(c2)OCO3)on1)N1CCCCCCC1. The number of aromatic nitrogens is 1. The predicted molar refractivity (Wildman–Crippen MR) is 87.1 cm³/mol. The number of fused-ring (bicyclic) bond motifs is 1. The number of carbonyl (C=O) groups excluding carboxylic acids is 1. The molecule has 0 aliphatic carbocycles. The zero-order valence-electron chi connectivity index (χ0n) is 13.5. The third-order valence-corrected chi connectivity index (χ3v) is 4.53. The molecular weight excluding hydrogens is 308 g/mol. The fraction of sp³-hybridized carbons (Fsp3) is 0.444. The molecule has 1 aromatic heterocycles. The summed E-state index contributed by atoms with van der Waals surface area (Å²) in [6.45, 7) is 1.82. The number of ether oxygens (including phenoxy) is 2. The Balaban J connectivity index is 1.52. The maximum atomic E-state index is 12.7. The molecule has 1 fully saturated rings. The molecule has 0 bridgehead atoms. The monoisotopic (exact) mass is 328 g/mol. The Kier molecular flexibility index (Phi) is 4.11. The second kappa shape index (κ2) is 6.55. The highest BCUT2D eigenvalue weighted by Gasteiger charge is 2.22. The Morgan fingerprint density at radius 3 is 2.54 bits per heavy atom. The van der Waals surface area contributed by atoms with Crippen molar-refractivity contribution < 1.29 is 18.8 Å². The molecule has 0 unspecified atom stereocenters. The molecule has 126 valence electrons. The molecule has 1 saturated heterocycles. The minimum absolute atomic E-state index is 0.0485. The van der Waals surface area contributed by atoms with Crippen molar-refractivity contribution in [2.45, 2.75) is 32.1 Å². The topological polar surface area (TPSA) is 64.8 Å². The van der Waals surface area contributed by atoms with E-state index in [1.54, 1.807) is 6.07 Å². The summed E-state index contributed by atoms with van der Waals surface area (Å²) in [6.07, 6.45) is 5.74. The lowest BCUT2D eigenvalue weighted by molar-refractivity contribution is 0.0732. The van der Waals surface area contributed by atoms with E-state index in [9.17, 15) is 4.79 Å². The third kappa shape index (κ3) is 2.96. The van der Waals surface area contributed by atoms with Gasteiger partial charge in [0.2, 0.25) is 6.79 Å². The number of likely N-dealkylation sites (tertiary alicyclic amines) is 1. The van der Waals surface area contributed by atoms with Crippen LogP contribution >= 0.6 is 0 Å². The second-order valence-electron chi connectivity index (χ2n) is 6.20. The summed E-state index contributed by atoms with van der Waals surface area (Å²) >= 11 is 0. The van der Waals surface area contributed by atoms with Crippen LogP contribution in [0.1, 0.15) is 42.6 Å². The van der Waals surface area contributed by atoms with E-state index < -0.39 is 0 Å². The fourth-order valence-electron chi connectivity index (χ4n) is 3.17. The van der Waals surface area contributed by atoms with E-state index in [0.717, 1.165) is 37.2 Å². The van der Waals surface area contributed by atoms with Crippen molar-refractivity contribution in [2.75, 3.05) is 19.9 Å². The van der Waals surface area contributed by atoms with E-state index in [0.29, 0.717) is 17.2 Å². The summed E-state index contributed by atoms with van der Waals surface area (Å²) in [7, 11) is 0. The summed E-state index contributed by atoms with van der Waals surface area (Å²) in [5.41, 5.74) is 1.18. The van der Waals surface area contributed by atoms with Crippen LogP contribution in [0.5, 0.6) is 11.5 Å². The maximum absolute atomic E-state index is 12.7. The standard InChI is InChI=1S/C18H20N2O4/c21-18(20-8-4-2-1-3-5-9-20)14-11-16(24-19-14)13-6-7-15-17(10-13)23-12-22-15/h6-7,10-11H,1-5,8-9,12H2. The van der Waals surface area contributed by atoms with E-state index in [4.69, 9.17) is 14.0 Å². The van der Waals surface area contributed by atoms with E-state index in [-0.39, 0.29) is 12.7 Å². The van der Waals surface area contributed by atoms with Crippen molar-refractivity contribution >= 4 is 5.91 Å². The van der Waals surface area contributed by atoms with Crippen molar-refractivity contribution in [2.24, 2.45) is 0 Å². The van der Waals surface area contributed by atoms with E-state index in [1.807, 2.05) is 23.1 Å². The summed E-state index contributed by atoms with van der Waals surface area (Å²) in [6, 6.07) is 7.25. The minimum atomic E-state index is -0.0485. The van der Waals surface area contributed by atoms with Gasteiger partial charge in [-0.3, -0.25) is 4.79 Å². The zero-order chi connectivity index (χ0) is 16.4. The highest BCUT2D eigenvalue weighted by molar-refractivity contribution is 5.93. The highest BCUT2D eigenvalue weighted by atomic mass is 16.7. The summed E-state index contributed by atoms with van der Waals surface area (Å²) in [5.74, 6) is 1.91. The van der Waals surface area contributed by atoms with Gasteiger partial charge >= 0.3 is 0 Å². The van der Waals surface area contributed by atoms with Gasteiger partial charge in [0.05, 0.1) is 0 Å². The normalized spacial score (nSPS) is 17.4. The van der Waals surface area contributed by atoms with Crippen LogP contribution in [0.2, 0.25) is 0 Å². The molecule has 0 atom stereocenters. The van der Waals surface area contributed by atoms with E-state index in [1.165, 1.54) is 19.3 Å². The molecule has 24 heavy (non-hydrogen) atoms. The van der Waals surface area contributed by atoms with Gasteiger partial charge in [0, 0.05) is 24.7 Å². The first-order valence-corrected chi connectivity index (χ1v) is 8.47. The molecule has 1 aromatic carbocycles. The summed E-state index contributed by atoms with van der Waals surface area (Å²) in [4.78, 5) is 14.5. The van der Waals surface area contributed by atoms with Gasteiger partial charge in [0.25, 0.3) is 5.91 Å². The Morgan fingerprint density at radius 1 is 0.958 bits per heavy atom. The van der Waals surface area contributed by atoms with Gasteiger partial charge in [-0.25, -0.2) is 0 Å². The van der Waals surface area contributed by atoms with Crippen LogP contribution in [0.3, 0.4) is 0 Å². The van der Waals surface area contributed by atoms with Crippen LogP contribution in [-0.4, -0.2) is 35.8 Å². The maximum Gasteiger partial charge on any atom is 0.276 e. The number of nitrogens with zero attached hydrogens (tertiary/aromatic N) is 2. The molecule has 0 spiro atoms. The molecular formula is C18H20N2O4. The quantitative estimate of drug-likeness (QED) is 0.844. The number of amides is 1. The highest BCUT2D eigenvalue weighted by Crippen LogP contribution is 2.36. The molecule has 2 aliphatic rings. The van der Waals surface area contributed by atoms with Crippen LogP contribution in [0.4, 0.5) is 0 Å². The lowest BCUT2D eigenvalue weighted by Gasteiger charge is -2.23. The van der Waals surface area contributed by atoms with Gasteiger partial charge in [-0.15, -0.1) is 0 Å². The van der Waals surface area contributed by atoms with Gasteiger partial charge in [-0.1, -0.05) is 24.4 Å². The van der Waals surface area contributed by atoms with Crippen molar-refractivity contribution in [1.82, 2.24) is 10.1 Å². The summed E-state index contributed by atoms with van der Waals surface area (Å²) in [5, 5.41) is 3.98. The third-order valence-electron chi connectivity index (χ3n) is 4.53. The molecule has 0 saturated carbocycles. The molecule has 1 amide bonds. The summed E-state index contributed by atoms with van der Waals surface area (Å²) < 4.78 is 16.1. The molecule has 0 radical (unpaired) electrons. The molecule has 6 nitrogen and oxygen atoms in total. The van der Waals surface area contributed by atoms with Crippen molar-refractivity contribution in [3.63, 3.8) is 0 Å². The zero-order valence-corrected chi connectivity index (χ0v) is 13.5. The first-order chi connectivity index (χ1) is 11.8. The van der Waals surface area contributed by atoms with E-state index >= 15 is 0 Å². The van der Waals surface area contributed by atoms with Crippen LogP contribution in [0.25, 0.3) is 11.3 Å². The minimum Gasteiger partial charge on any atom is -0.454 e. The number of rotatable bonds is 2. The van der Waals surface area contributed by atoms with E-state index in [2.05, 4.69) is 5.16 Å². The second-order valence-corrected chi connectivity index (χ2v) is 6.20. The molecule has 0 N–H and O–H groups in total. The van der Waals surface area contributed by atoms with Gasteiger partial charge in [-0.05, 0) is 31.0 Å². The molecule has 2 aliphatic heterocycles. The Morgan fingerprint density at radius 2 is 1.71 bits per heavy atom. The Bertz CT molecular complexity index is 732. The van der Waals surface area contributed by atoms with Gasteiger partial charge in [0.15, 0.2) is 23.0 Å². The molecule has 2 aromatic rings. The van der Waals surface area contributed by atoms with Gasteiger partial charge in [0.1, 0.15) is 0 Å². The number of hydrogen-bond donors (Lipinski definition) is 0. The molecule has 3 heterocycles. The average molecular weight is 328 g/mol. The average Bonchev–Trinajstić information content (AvgIpc) is 3.22. The first kappa shape index (κ1) is 15.1. The smallest absolute Gasteiger partial charge is 0.276 e.